The maximum atomic E-state index is 14.3. The predicted octanol–water partition coefficient (Wildman–Crippen LogP) is 3.77. The van der Waals surface area contributed by atoms with Crippen molar-refractivity contribution in [3.63, 3.8) is 0 Å². The number of aromatic nitrogens is 2. The van der Waals surface area contributed by atoms with E-state index in [4.69, 9.17) is 9.47 Å². The number of halogens is 2. The first-order valence-electron chi connectivity index (χ1n) is 32.0. The van der Waals surface area contributed by atoms with Crippen LogP contribution in [0.3, 0.4) is 0 Å². The highest BCUT2D eigenvalue weighted by Crippen LogP contribution is 2.41. The molecule has 0 spiro atoms. The number of anilines is 2. The second kappa shape index (κ2) is 28.7. The van der Waals surface area contributed by atoms with Gasteiger partial charge in [-0.25, -0.2) is 8.78 Å². The quantitative estimate of drug-likeness (QED) is 0.0583. The summed E-state index contributed by atoms with van der Waals surface area (Å²) in [5.74, 6) is -0.977. The van der Waals surface area contributed by atoms with Crippen molar-refractivity contribution < 1.29 is 37.4 Å². The number of piperazine rings is 2. The molecule has 0 bridgehead atoms. The SMILES string of the molecule is C[C@@H]1CN(CC(=O)N2CC(C)(C)c3[nH]c(=O)c(Cc4ccc(F)cc4)cc32)[C@@H](CN2CCO[C@H](C(=O)NCCCCCCCCNC(=O)[C@@H]3CN(C[C@H]4CN[C@H](C)CN4CC(=O)N4CC(C)(C)c5[nH]c(=O)c(Cc6ccc(F)cc6)cc54)CCO3)C2)CN1. The Morgan fingerprint density at radius 3 is 1.35 bits per heavy atom. The minimum Gasteiger partial charge on any atom is -0.366 e. The third kappa shape index (κ3) is 16.2. The molecule has 4 fully saturated rings. The summed E-state index contributed by atoms with van der Waals surface area (Å²) in [5.41, 5.74) is 4.23. The van der Waals surface area contributed by atoms with Gasteiger partial charge in [-0.05, 0) is 74.2 Å². The molecule has 0 unspecified atom stereocenters. The summed E-state index contributed by atoms with van der Waals surface area (Å²) < 4.78 is 39.2. The van der Waals surface area contributed by atoms with Crippen LogP contribution in [0.25, 0.3) is 0 Å². The summed E-state index contributed by atoms with van der Waals surface area (Å²) in [6.07, 6.45) is 5.17. The van der Waals surface area contributed by atoms with Crippen LogP contribution in [-0.4, -0.2) is 208 Å². The topological polar surface area (TPSA) is 220 Å². The van der Waals surface area contributed by atoms with Crippen molar-refractivity contribution in [3.05, 3.63) is 127 Å². The zero-order valence-electron chi connectivity index (χ0n) is 52.3. The van der Waals surface area contributed by atoms with E-state index in [2.05, 4.69) is 64.7 Å². The Bertz CT molecular complexity index is 3000. The second-order valence-electron chi connectivity index (χ2n) is 26.8. The first-order chi connectivity index (χ1) is 42.2. The molecule has 6 aliphatic rings. The average molecular weight is 1220 g/mol. The summed E-state index contributed by atoms with van der Waals surface area (Å²) in [4.78, 5) is 101. The summed E-state index contributed by atoms with van der Waals surface area (Å²) in [7, 11) is 0. The minimum atomic E-state index is -0.585. The van der Waals surface area contributed by atoms with Crippen LogP contribution in [0.4, 0.5) is 20.2 Å². The number of unbranched alkanes of at least 4 members (excludes halogenated alkanes) is 5. The zero-order chi connectivity index (χ0) is 62.3. The lowest BCUT2D eigenvalue weighted by Gasteiger charge is -2.43. The Kier molecular flexibility index (Phi) is 21.1. The number of H-pyrrole nitrogens is 2. The van der Waals surface area contributed by atoms with Gasteiger partial charge in [0, 0.05) is 162 Å². The minimum absolute atomic E-state index is 0.0268. The van der Waals surface area contributed by atoms with Gasteiger partial charge in [-0.1, -0.05) is 77.6 Å². The van der Waals surface area contributed by atoms with E-state index < -0.39 is 23.0 Å². The molecule has 4 amide bonds. The molecule has 478 valence electrons. The number of carbonyl (C=O) groups is 4. The fraction of sp³-hybridized carbons (Fsp3) is 0.606. The van der Waals surface area contributed by atoms with Gasteiger partial charge in [0.15, 0.2) is 0 Å². The first-order valence-corrected chi connectivity index (χ1v) is 32.0. The van der Waals surface area contributed by atoms with E-state index in [1.807, 2.05) is 39.8 Å². The van der Waals surface area contributed by atoms with Crippen LogP contribution in [-0.2, 0) is 52.3 Å². The van der Waals surface area contributed by atoms with Gasteiger partial charge < -0.3 is 50.5 Å². The number of benzene rings is 2. The molecule has 8 heterocycles. The zero-order valence-corrected chi connectivity index (χ0v) is 52.3. The standard InChI is InChI=1S/C66H92F2N12O8/c1-43-33-77(39-57(81)79-41-65(3,4)59-53(79)29-47(61(83)73-59)27-45-13-17-49(67)18-14-45)51(31-71-43)35-75-23-25-87-55(37-75)63(85)69-21-11-9-7-8-10-12-22-70-64(86)56-38-76(24-26-88-56)36-52-32-72-44(2)34-78(52)40-58(82)80-42-66(5,6)60-54(80)30-48(62(84)74-60)28-46-15-19-50(68)20-16-46/h13-20,29-30,43-44,51-52,55-56,71-72H,7-12,21-28,31-42H2,1-6H3,(H,69,85)(H,70,86)(H,73,83)(H,74,84)/t43-,44-,51-,52-,55+,56+/m1/s1. The molecule has 6 N–H and O–H groups in total. The summed E-state index contributed by atoms with van der Waals surface area (Å²) >= 11 is 0. The Hall–Kier alpha value is -6.24. The second-order valence-corrected chi connectivity index (χ2v) is 26.8. The molecular formula is C66H92F2N12O8. The van der Waals surface area contributed by atoms with Crippen LogP contribution < -0.4 is 42.2 Å². The highest BCUT2D eigenvalue weighted by Gasteiger charge is 2.43. The van der Waals surface area contributed by atoms with Crippen molar-refractivity contribution in [3.8, 4) is 0 Å². The molecule has 6 aliphatic heterocycles. The largest absolute Gasteiger partial charge is 0.366 e. The molecule has 0 saturated carbocycles. The van der Waals surface area contributed by atoms with Gasteiger partial charge >= 0.3 is 0 Å². The highest BCUT2D eigenvalue weighted by molar-refractivity contribution is 5.98. The molecule has 2 aromatic heterocycles. The molecule has 6 atom stereocenters. The number of aromatic amines is 2. The number of ether oxygens (including phenoxy) is 2. The number of pyridine rings is 2. The highest BCUT2D eigenvalue weighted by atomic mass is 19.1. The van der Waals surface area contributed by atoms with Gasteiger partial charge in [-0.3, -0.25) is 48.4 Å². The van der Waals surface area contributed by atoms with E-state index in [0.29, 0.717) is 140 Å². The van der Waals surface area contributed by atoms with E-state index in [9.17, 15) is 37.5 Å². The number of rotatable bonds is 23. The van der Waals surface area contributed by atoms with Crippen molar-refractivity contribution in [2.75, 3.05) is 128 Å². The average Bonchev–Trinajstić information content (AvgIpc) is 1.77. The van der Waals surface area contributed by atoms with E-state index in [0.717, 1.165) is 61.0 Å². The molecular weight excluding hydrogens is 1130 g/mol. The Balaban J connectivity index is 0.607. The van der Waals surface area contributed by atoms with Crippen LogP contribution in [0, 0.1) is 11.6 Å². The molecule has 20 nitrogen and oxygen atoms in total. The summed E-state index contributed by atoms with van der Waals surface area (Å²) in [6, 6.07) is 16.3. The molecule has 4 saturated heterocycles. The summed E-state index contributed by atoms with van der Waals surface area (Å²) in [6.45, 7) is 22.1. The lowest BCUT2D eigenvalue weighted by molar-refractivity contribution is -0.139. The van der Waals surface area contributed by atoms with Crippen LogP contribution in [0.5, 0.6) is 0 Å². The van der Waals surface area contributed by atoms with Crippen LogP contribution in [0.15, 0.2) is 70.3 Å². The third-order valence-electron chi connectivity index (χ3n) is 18.6. The van der Waals surface area contributed by atoms with Crippen LogP contribution in [0.2, 0.25) is 0 Å². The van der Waals surface area contributed by atoms with Gasteiger partial charge in [-0.2, -0.15) is 0 Å². The van der Waals surface area contributed by atoms with Gasteiger partial charge in [0.1, 0.15) is 23.8 Å². The number of nitrogens with zero attached hydrogens (tertiary/aromatic N) is 6. The molecule has 0 aliphatic carbocycles. The summed E-state index contributed by atoms with van der Waals surface area (Å²) in [5, 5.41) is 13.4. The van der Waals surface area contributed by atoms with Crippen molar-refractivity contribution in [1.82, 2.24) is 50.8 Å². The van der Waals surface area contributed by atoms with E-state index >= 15 is 0 Å². The maximum absolute atomic E-state index is 14.3. The van der Waals surface area contributed by atoms with E-state index in [-0.39, 0.29) is 83.6 Å². The molecule has 2 aromatic carbocycles. The fourth-order valence-corrected chi connectivity index (χ4v) is 13.6. The van der Waals surface area contributed by atoms with Crippen LogP contribution in [0.1, 0.15) is 114 Å². The van der Waals surface area contributed by atoms with E-state index in [1.54, 1.807) is 34.1 Å². The van der Waals surface area contributed by atoms with Crippen molar-refractivity contribution in [2.24, 2.45) is 0 Å². The number of fused-ring (bicyclic) bond motifs is 2. The third-order valence-corrected chi connectivity index (χ3v) is 18.6. The molecule has 4 aromatic rings. The fourth-order valence-electron chi connectivity index (χ4n) is 13.6. The van der Waals surface area contributed by atoms with Crippen molar-refractivity contribution in [1.29, 1.82) is 0 Å². The molecule has 0 radical (unpaired) electrons. The maximum Gasteiger partial charge on any atom is 0.251 e. The lowest BCUT2D eigenvalue weighted by Crippen LogP contribution is -2.62. The van der Waals surface area contributed by atoms with Gasteiger partial charge in [0.25, 0.3) is 11.1 Å². The van der Waals surface area contributed by atoms with Gasteiger partial charge in [-0.15, -0.1) is 0 Å². The van der Waals surface area contributed by atoms with Gasteiger partial charge in [0.2, 0.25) is 23.6 Å². The smallest absolute Gasteiger partial charge is 0.251 e. The lowest BCUT2D eigenvalue weighted by atomic mass is 9.91. The number of morpholine rings is 2. The Morgan fingerprint density at radius 1 is 0.568 bits per heavy atom. The molecule has 88 heavy (non-hydrogen) atoms. The number of hydrogen-bond acceptors (Lipinski definition) is 14. The number of nitrogens with one attached hydrogen (secondary N) is 6. The van der Waals surface area contributed by atoms with Crippen molar-refractivity contribution >= 4 is 35.0 Å². The molecule has 10 rings (SSSR count). The normalized spacial score (nSPS) is 24.0. The van der Waals surface area contributed by atoms with Crippen molar-refractivity contribution in [2.45, 2.75) is 140 Å². The van der Waals surface area contributed by atoms with Gasteiger partial charge in [0.05, 0.1) is 37.7 Å². The Labute approximate surface area is 515 Å². The number of carbonyl (C=O) groups excluding carboxylic acids is 4. The predicted molar refractivity (Wildman–Crippen MR) is 335 cm³/mol. The van der Waals surface area contributed by atoms with E-state index in [1.165, 1.54) is 24.3 Å². The first kappa shape index (κ1) is 64.7. The Morgan fingerprint density at radius 2 is 0.955 bits per heavy atom. The monoisotopic (exact) mass is 1220 g/mol. The number of amides is 4. The number of hydrogen-bond donors (Lipinski definition) is 6. The molecule has 22 heteroatoms. The van der Waals surface area contributed by atoms with Crippen LogP contribution >= 0.6 is 0 Å².